The first kappa shape index (κ1) is 17.7. The molecule has 0 aliphatic carbocycles. The third-order valence-corrected chi connectivity index (χ3v) is 4.23. The van der Waals surface area contributed by atoms with Crippen molar-refractivity contribution < 1.29 is 18.0 Å². The summed E-state index contributed by atoms with van der Waals surface area (Å²) in [4.78, 5) is 34.9. The molecule has 0 aliphatic rings. The summed E-state index contributed by atoms with van der Waals surface area (Å²) < 4.78 is 42.1. The van der Waals surface area contributed by atoms with Crippen LogP contribution < -0.4 is 16.8 Å². The maximum Gasteiger partial charge on any atom is 0.416 e. The Labute approximate surface area is 153 Å². The van der Waals surface area contributed by atoms with Gasteiger partial charge in [-0.2, -0.15) is 13.2 Å². The number of hydrogen-bond acceptors (Lipinski definition) is 5. The number of amides is 1. The molecule has 12 heteroatoms. The first-order valence-corrected chi connectivity index (χ1v) is 7.91. The van der Waals surface area contributed by atoms with E-state index >= 15 is 0 Å². The van der Waals surface area contributed by atoms with Crippen LogP contribution in [0.1, 0.15) is 21.7 Å². The van der Waals surface area contributed by atoms with Gasteiger partial charge in [0.05, 0.1) is 35.2 Å². The van der Waals surface area contributed by atoms with E-state index in [1.54, 1.807) is 10.8 Å². The monoisotopic (exact) mass is 391 g/mol. The molecule has 0 fully saturated rings. The molecule has 0 bridgehead atoms. The number of nitrogens with two attached hydrogens (primary N) is 1. The van der Waals surface area contributed by atoms with Gasteiger partial charge in [0.1, 0.15) is 0 Å². The molecule has 0 atom stereocenters. The van der Waals surface area contributed by atoms with E-state index in [2.05, 4.69) is 15.0 Å². The molecular weight excluding hydrogens is 379 g/mol. The highest BCUT2D eigenvalue weighted by Crippen LogP contribution is 2.31. The largest absolute Gasteiger partial charge is 0.416 e. The van der Waals surface area contributed by atoms with Crippen LogP contribution >= 0.6 is 0 Å². The fourth-order valence-corrected chi connectivity index (χ4v) is 3.00. The molecule has 9 nitrogen and oxygen atoms in total. The molecule has 3 heterocycles. The second-order valence-electron chi connectivity index (χ2n) is 5.96. The van der Waals surface area contributed by atoms with Gasteiger partial charge in [-0.25, -0.2) is 15.8 Å². The van der Waals surface area contributed by atoms with Gasteiger partial charge in [-0.1, -0.05) is 0 Å². The standard InChI is InChI=1S/C16H12F3N7O2/c17-16(18,19)8-1-2-10-9(5-8)22-15(28)13-23-12(14(27)24-20)11(26(10)13)6-25-4-3-21-7-25/h1-5,7H,6,20H2,(H,22,28)(H,24,27). The van der Waals surface area contributed by atoms with Crippen LogP contribution in [0.2, 0.25) is 0 Å². The zero-order chi connectivity index (χ0) is 20.1. The van der Waals surface area contributed by atoms with Gasteiger partial charge in [-0.3, -0.25) is 19.4 Å². The Morgan fingerprint density at radius 1 is 1.32 bits per heavy atom. The molecule has 3 aromatic heterocycles. The highest BCUT2D eigenvalue weighted by molar-refractivity contribution is 5.94. The topological polar surface area (TPSA) is 123 Å². The van der Waals surface area contributed by atoms with E-state index in [4.69, 9.17) is 5.84 Å². The Morgan fingerprint density at radius 2 is 2.11 bits per heavy atom. The quantitative estimate of drug-likeness (QED) is 0.274. The number of aromatic amines is 1. The number of carbonyl (C=O) groups is 1. The fraction of sp³-hybridized carbons (Fsp3) is 0.125. The van der Waals surface area contributed by atoms with Crippen molar-refractivity contribution in [2.75, 3.05) is 0 Å². The van der Waals surface area contributed by atoms with Crippen molar-refractivity contribution in [1.29, 1.82) is 0 Å². The molecule has 1 aromatic carbocycles. The molecule has 0 saturated carbocycles. The Morgan fingerprint density at radius 3 is 2.75 bits per heavy atom. The van der Waals surface area contributed by atoms with Gasteiger partial charge in [0.15, 0.2) is 5.69 Å². The molecule has 28 heavy (non-hydrogen) atoms. The molecule has 4 rings (SSSR count). The van der Waals surface area contributed by atoms with Crippen molar-refractivity contribution in [3.8, 4) is 0 Å². The number of hydrogen-bond donors (Lipinski definition) is 3. The molecule has 0 unspecified atom stereocenters. The van der Waals surface area contributed by atoms with Gasteiger partial charge < -0.3 is 9.55 Å². The molecule has 4 N–H and O–H groups in total. The summed E-state index contributed by atoms with van der Waals surface area (Å²) >= 11 is 0. The average Bonchev–Trinajstić information content (AvgIpc) is 3.29. The SMILES string of the molecule is NNC(=O)c1nc2c(=O)[nH]c3cc(C(F)(F)F)ccc3n2c1Cn1ccnc1. The molecule has 0 spiro atoms. The lowest BCUT2D eigenvalue weighted by Crippen LogP contribution is -2.31. The first-order valence-electron chi connectivity index (χ1n) is 7.91. The van der Waals surface area contributed by atoms with Crippen LogP contribution in [-0.2, 0) is 12.7 Å². The van der Waals surface area contributed by atoms with Crippen molar-refractivity contribution in [1.82, 2.24) is 29.3 Å². The number of aromatic nitrogens is 5. The van der Waals surface area contributed by atoms with Crippen molar-refractivity contribution in [3.63, 3.8) is 0 Å². The minimum absolute atomic E-state index is 0.0451. The number of benzene rings is 1. The summed E-state index contributed by atoms with van der Waals surface area (Å²) in [5.41, 5.74) is 0.528. The number of rotatable bonds is 3. The van der Waals surface area contributed by atoms with Crippen LogP contribution in [0.25, 0.3) is 16.7 Å². The smallest absolute Gasteiger partial charge is 0.331 e. The number of alkyl halides is 3. The molecule has 0 radical (unpaired) electrons. The van der Waals surface area contributed by atoms with Gasteiger partial charge in [-0.05, 0) is 18.2 Å². The lowest BCUT2D eigenvalue weighted by molar-refractivity contribution is -0.137. The summed E-state index contributed by atoms with van der Waals surface area (Å²) in [5, 5.41) is 0. The molecule has 144 valence electrons. The van der Waals surface area contributed by atoms with E-state index in [0.717, 1.165) is 12.1 Å². The Balaban J connectivity index is 2.07. The van der Waals surface area contributed by atoms with Crippen molar-refractivity contribution >= 4 is 22.6 Å². The predicted molar refractivity (Wildman–Crippen MR) is 91.3 cm³/mol. The highest BCUT2D eigenvalue weighted by atomic mass is 19.4. The number of hydrazine groups is 1. The van der Waals surface area contributed by atoms with Crippen molar-refractivity contribution in [2.45, 2.75) is 12.7 Å². The Hall–Kier alpha value is -3.67. The van der Waals surface area contributed by atoms with Gasteiger partial charge >= 0.3 is 6.18 Å². The van der Waals surface area contributed by atoms with Crippen molar-refractivity contribution in [2.24, 2.45) is 5.84 Å². The number of carbonyl (C=O) groups excluding carboxylic acids is 1. The van der Waals surface area contributed by atoms with Gasteiger partial charge in [0.25, 0.3) is 11.5 Å². The summed E-state index contributed by atoms with van der Waals surface area (Å²) in [5.74, 6) is 4.47. The third kappa shape index (κ3) is 2.79. The summed E-state index contributed by atoms with van der Waals surface area (Å²) in [6.45, 7) is 0.0868. The molecule has 0 saturated heterocycles. The normalized spacial score (nSPS) is 12.0. The van der Waals surface area contributed by atoms with Crippen LogP contribution in [-0.4, -0.2) is 29.8 Å². The zero-order valence-corrected chi connectivity index (χ0v) is 14.0. The lowest BCUT2D eigenvalue weighted by atomic mass is 10.2. The third-order valence-electron chi connectivity index (χ3n) is 4.23. The summed E-state index contributed by atoms with van der Waals surface area (Å²) in [7, 11) is 0. The van der Waals surface area contributed by atoms with Crippen LogP contribution in [0.5, 0.6) is 0 Å². The summed E-state index contributed by atoms with van der Waals surface area (Å²) in [6.07, 6.45) is 0.0624. The average molecular weight is 391 g/mol. The second-order valence-corrected chi connectivity index (χ2v) is 5.96. The van der Waals surface area contributed by atoms with E-state index in [1.165, 1.54) is 23.0 Å². The first-order chi connectivity index (χ1) is 13.3. The van der Waals surface area contributed by atoms with E-state index in [1.807, 2.05) is 5.43 Å². The van der Waals surface area contributed by atoms with Gasteiger partial charge in [0.2, 0.25) is 5.65 Å². The maximum atomic E-state index is 13.0. The van der Waals surface area contributed by atoms with Crippen LogP contribution in [0.3, 0.4) is 0 Å². The van der Waals surface area contributed by atoms with Crippen LogP contribution in [0.15, 0.2) is 41.7 Å². The Kier molecular flexibility index (Phi) is 3.92. The number of fused-ring (bicyclic) bond motifs is 3. The van der Waals surface area contributed by atoms with E-state index in [0.29, 0.717) is 0 Å². The highest BCUT2D eigenvalue weighted by Gasteiger charge is 2.31. The number of nitrogens with zero attached hydrogens (tertiary/aromatic N) is 4. The van der Waals surface area contributed by atoms with Crippen LogP contribution in [0.4, 0.5) is 13.2 Å². The second kappa shape index (κ2) is 6.20. The summed E-state index contributed by atoms with van der Waals surface area (Å²) in [6, 6.07) is 2.94. The van der Waals surface area contributed by atoms with E-state index < -0.39 is 23.2 Å². The van der Waals surface area contributed by atoms with Crippen LogP contribution in [0, 0.1) is 0 Å². The lowest BCUT2D eigenvalue weighted by Gasteiger charge is -2.11. The predicted octanol–water partition coefficient (Wildman–Crippen LogP) is 1.04. The maximum absolute atomic E-state index is 13.0. The zero-order valence-electron chi connectivity index (χ0n) is 14.0. The minimum Gasteiger partial charge on any atom is -0.331 e. The van der Waals surface area contributed by atoms with Gasteiger partial charge in [0, 0.05) is 12.4 Å². The number of halogens is 3. The molecule has 1 amide bonds. The number of imidazole rings is 2. The number of nitrogens with one attached hydrogen (secondary N) is 2. The van der Waals surface area contributed by atoms with E-state index in [-0.39, 0.29) is 34.6 Å². The Bertz CT molecular complexity index is 1260. The molecule has 4 aromatic rings. The van der Waals surface area contributed by atoms with E-state index in [9.17, 15) is 22.8 Å². The molecule has 0 aliphatic heterocycles. The van der Waals surface area contributed by atoms with Crippen molar-refractivity contribution in [3.05, 3.63) is 64.2 Å². The fourth-order valence-electron chi connectivity index (χ4n) is 3.00. The minimum atomic E-state index is -4.57. The van der Waals surface area contributed by atoms with Gasteiger partial charge in [-0.15, -0.1) is 0 Å². The number of H-pyrrole nitrogens is 1. The number of nitrogen functional groups attached to an aromatic ring is 1. The molecular formula is C16H12F3N7O2.